The second-order valence-electron chi connectivity index (χ2n) is 7.24. The lowest BCUT2D eigenvalue weighted by Crippen LogP contribution is -2.39. The molecule has 2 aromatic carbocycles. The topological polar surface area (TPSA) is 51.2 Å². The highest BCUT2D eigenvalue weighted by Crippen LogP contribution is 2.22. The number of nitrogens with zero attached hydrogens (tertiary/aromatic N) is 2. The molecule has 0 aromatic heterocycles. The van der Waals surface area contributed by atoms with E-state index >= 15 is 0 Å². The SMILES string of the molecule is CCCCOc1ccc(OCC(=O)N(CCN(C)C)c2cccc(OCC)c2)cc1. The van der Waals surface area contributed by atoms with Gasteiger partial charge in [0.15, 0.2) is 6.61 Å². The molecule has 0 unspecified atom stereocenters. The van der Waals surface area contributed by atoms with Crippen LogP contribution in [0.2, 0.25) is 0 Å². The van der Waals surface area contributed by atoms with Gasteiger partial charge in [0.25, 0.3) is 5.91 Å². The largest absolute Gasteiger partial charge is 0.494 e. The van der Waals surface area contributed by atoms with Crippen LogP contribution in [0.5, 0.6) is 17.2 Å². The standard InChI is InChI=1S/C24H34N2O4/c1-5-7-17-29-21-11-13-22(14-12-21)30-19-24(27)26(16-15-25(3)4)20-9-8-10-23(18-20)28-6-2/h8-14,18H,5-7,15-17,19H2,1-4H3. The van der Waals surface area contributed by atoms with E-state index in [1.807, 2.05) is 74.4 Å². The molecule has 30 heavy (non-hydrogen) atoms. The summed E-state index contributed by atoms with van der Waals surface area (Å²) in [6.45, 7) is 6.63. The number of ether oxygens (including phenoxy) is 3. The van der Waals surface area contributed by atoms with Crippen LogP contribution in [0, 0.1) is 0 Å². The number of hydrogen-bond donors (Lipinski definition) is 0. The monoisotopic (exact) mass is 414 g/mol. The fraction of sp³-hybridized carbons (Fsp3) is 0.458. The predicted octanol–water partition coefficient (Wildman–Crippen LogP) is 4.24. The van der Waals surface area contributed by atoms with Crippen molar-refractivity contribution in [2.45, 2.75) is 26.7 Å². The van der Waals surface area contributed by atoms with Gasteiger partial charge in [0.1, 0.15) is 17.2 Å². The van der Waals surface area contributed by atoms with Gasteiger partial charge in [-0.25, -0.2) is 0 Å². The number of rotatable bonds is 13. The molecule has 6 heteroatoms. The molecule has 2 rings (SSSR count). The van der Waals surface area contributed by atoms with Gasteiger partial charge in [-0.3, -0.25) is 4.79 Å². The van der Waals surface area contributed by atoms with Crippen LogP contribution in [-0.4, -0.2) is 57.8 Å². The van der Waals surface area contributed by atoms with Crippen molar-refractivity contribution in [2.75, 3.05) is 51.9 Å². The number of amides is 1. The summed E-state index contributed by atoms with van der Waals surface area (Å²) >= 11 is 0. The Kier molecular flexibility index (Phi) is 10.0. The van der Waals surface area contributed by atoms with E-state index < -0.39 is 0 Å². The van der Waals surface area contributed by atoms with Crippen LogP contribution >= 0.6 is 0 Å². The first-order chi connectivity index (χ1) is 14.5. The van der Waals surface area contributed by atoms with Gasteiger partial charge in [-0.05, 0) is 63.8 Å². The van der Waals surface area contributed by atoms with Crippen LogP contribution in [0.15, 0.2) is 48.5 Å². The maximum Gasteiger partial charge on any atom is 0.264 e. The smallest absolute Gasteiger partial charge is 0.264 e. The minimum Gasteiger partial charge on any atom is -0.494 e. The Morgan fingerprint density at radius 3 is 2.20 bits per heavy atom. The molecule has 6 nitrogen and oxygen atoms in total. The predicted molar refractivity (Wildman–Crippen MR) is 121 cm³/mol. The third-order valence-corrected chi connectivity index (χ3v) is 4.46. The molecule has 0 bridgehead atoms. The van der Waals surface area contributed by atoms with Crippen molar-refractivity contribution in [1.82, 2.24) is 4.90 Å². The second kappa shape index (κ2) is 12.8. The van der Waals surface area contributed by atoms with Crippen molar-refractivity contribution < 1.29 is 19.0 Å². The molecule has 0 heterocycles. The molecule has 0 aliphatic heterocycles. The summed E-state index contributed by atoms with van der Waals surface area (Å²) < 4.78 is 17.0. The lowest BCUT2D eigenvalue weighted by atomic mass is 10.2. The summed E-state index contributed by atoms with van der Waals surface area (Å²) in [7, 11) is 3.97. The Labute approximate surface area is 180 Å². The highest BCUT2D eigenvalue weighted by atomic mass is 16.5. The maximum atomic E-state index is 13.0. The molecule has 0 aliphatic carbocycles. The van der Waals surface area contributed by atoms with E-state index in [4.69, 9.17) is 14.2 Å². The van der Waals surface area contributed by atoms with Crippen molar-refractivity contribution in [3.05, 3.63) is 48.5 Å². The molecule has 0 atom stereocenters. The van der Waals surface area contributed by atoms with Gasteiger partial charge >= 0.3 is 0 Å². The van der Waals surface area contributed by atoms with Gasteiger partial charge in [-0.15, -0.1) is 0 Å². The van der Waals surface area contributed by atoms with E-state index in [1.54, 1.807) is 4.90 Å². The number of carbonyl (C=O) groups excluding carboxylic acids is 1. The molecule has 0 saturated heterocycles. The first-order valence-electron chi connectivity index (χ1n) is 10.6. The van der Waals surface area contributed by atoms with E-state index in [9.17, 15) is 4.79 Å². The van der Waals surface area contributed by atoms with Crippen molar-refractivity contribution in [1.29, 1.82) is 0 Å². The fourth-order valence-electron chi connectivity index (χ4n) is 2.80. The number of likely N-dealkylation sites (N-methyl/N-ethyl adjacent to an activating group) is 1. The lowest BCUT2D eigenvalue weighted by molar-refractivity contribution is -0.120. The molecule has 2 aromatic rings. The molecule has 0 spiro atoms. The zero-order chi connectivity index (χ0) is 21.8. The van der Waals surface area contributed by atoms with Crippen molar-refractivity contribution in [2.24, 2.45) is 0 Å². The molecular weight excluding hydrogens is 380 g/mol. The second-order valence-corrected chi connectivity index (χ2v) is 7.24. The zero-order valence-corrected chi connectivity index (χ0v) is 18.6. The minimum absolute atomic E-state index is 0.0394. The Balaban J connectivity index is 2.01. The Hall–Kier alpha value is -2.73. The molecule has 164 valence electrons. The van der Waals surface area contributed by atoms with E-state index in [-0.39, 0.29) is 12.5 Å². The Morgan fingerprint density at radius 1 is 0.867 bits per heavy atom. The van der Waals surface area contributed by atoms with E-state index in [0.29, 0.717) is 25.5 Å². The molecule has 0 fully saturated rings. The van der Waals surface area contributed by atoms with Crippen LogP contribution in [0.25, 0.3) is 0 Å². The fourth-order valence-corrected chi connectivity index (χ4v) is 2.80. The zero-order valence-electron chi connectivity index (χ0n) is 18.6. The van der Waals surface area contributed by atoms with Gasteiger partial charge < -0.3 is 24.0 Å². The quantitative estimate of drug-likeness (QED) is 0.459. The molecular formula is C24H34N2O4. The van der Waals surface area contributed by atoms with Crippen LogP contribution in [0.4, 0.5) is 5.69 Å². The van der Waals surface area contributed by atoms with Gasteiger partial charge in [-0.1, -0.05) is 19.4 Å². The third-order valence-electron chi connectivity index (χ3n) is 4.46. The Morgan fingerprint density at radius 2 is 1.57 bits per heavy atom. The van der Waals surface area contributed by atoms with Crippen LogP contribution in [0.3, 0.4) is 0 Å². The number of hydrogen-bond acceptors (Lipinski definition) is 5. The Bertz CT molecular complexity index is 762. The average molecular weight is 415 g/mol. The summed E-state index contributed by atoms with van der Waals surface area (Å²) in [5.41, 5.74) is 0.802. The molecule has 0 N–H and O–H groups in total. The van der Waals surface area contributed by atoms with Gasteiger partial charge in [0, 0.05) is 24.8 Å². The van der Waals surface area contributed by atoms with Crippen molar-refractivity contribution in [3.8, 4) is 17.2 Å². The van der Waals surface area contributed by atoms with Gasteiger partial charge in [0.2, 0.25) is 0 Å². The van der Waals surface area contributed by atoms with Crippen LogP contribution < -0.4 is 19.1 Å². The number of anilines is 1. The van der Waals surface area contributed by atoms with Gasteiger partial charge in [-0.2, -0.15) is 0 Å². The van der Waals surface area contributed by atoms with Crippen LogP contribution in [-0.2, 0) is 4.79 Å². The summed E-state index contributed by atoms with van der Waals surface area (Å²) in [6.07, 6.45) is 2.13. The van der Waals surface area contributed by atoms with Crippen molar-refractivity contribution in [3.63, 3.8) is 0 Å². The summed E-state index contributed by atoms with van der Waals surface area (Å²) in [4.78, 5) is 16.7. The third kappa shape index (κ3) is 7.95. The van der Waals surface area contributed by atoms with Gasteiger partial charge in [0.05, 0.1) is 13.2 Å². The number of unbranched alkanes of at least 4 members (excludes halogenated alkanes) is 1. The normalized spacial score (nSPS) is 10.7. The highest BCUT2D eigenvalue weighted by molar-refractivity contribution is 5.94. The van der Waals surface area contributed by atoms with Crippen molar-refractivity contribution >= 4 is 11.6 Å². The number of benzene rings is 2. The first kappa shape index (κ1) is 23.5. The molecule has 0 aliphatic rings. The van der Waals surface area contributed by atoms with Crippen LogP contribution in [0.1, 0.15) is 26.7 Å². The summed E-state index contributed by atoms with van der Waals surface area (Å²) in [5, 5.41) is 0. The maximum absolute atomic E-state index is 13.0. The molecule has 0 radical (unpaired) electrons. The average Bonchev–Trinajstić information content (AvgIpc) is 2.74. The number of carbonyl (C=O) groups is 1. The first-order valence-corrected chi connectivity index (χ1v) is 10.6. The lowest BCUT2D eigenvalue weighted by Gasteiger charge is -2.25. The highest BCUT2D eigenvalue weighted by Gasteiger charge is 2.17. The summed E-state index contributed by atoms with van der Waals surface area (Å²) in [6, 6.07) is 15.0. The minimum atomic E-state index is -0.103. The van der Waals surface area contributed by atoms with E-state index in [1.165, 1.54) is 0 Å². The summed E-state index contributed by atoms with van der Waals surface area (Å²) in [5.74, 6) is 2.09. The molecule has 0 saturated carbocycles. The molecule has 1 amide bonds. The van der Waals surface area contributed by atoms with E-state index in [0.717, 1.165) is 36.6 Å². The van der Waals surface area contributed by atoms with E-state index in [2.05, 4.69) is 6.92 Å².